The van der Waals surface area contributed by atoms with Crippen molar-refractivity contribution in [3.8, 4) is 11.5 Å². The van der Waals surface area contributed by atoms with Crippen molar-refractivity contribution in [3.63, 3.8) is 0 Å². The van der Waals surface area contributed by atoms with Gasteiger partial charge in [0.1, 0.15) is 6.61 Å². The summed E-state index contributed by atoms with van der Waals surface area (Å²) in [6.45, 7) is 0.677. The Morgan fingerprint density at radius 1 is 1.17 bits per heavy atom. The highest BCUT2D eigenvalue weighted by molar-refractivity contribution is 5.46. The molecule has 0 aliphatic rings. The van der Waals surface area contributed by atoms with Crippen LogP contribution < -0.4 is 15.2 Å². The van der Waals surface area contributed by atoms with Gasteiger partial charge in [0.2, 0.25) is 0 Å². The highest BCUT2D eigenvalue weighted by Crippen LogP contribution is 2.31. The predicted octanol–water partition coefficient (Wildman–Crippen LogP) is 1.52. The molecule has 0 fully saturated rings. The van der Waals surface area contributed by atoms with Crippen LogP contribution in [0.5, 0.6) is 11.5 Å². The van der Waals surface area contributed by atoms with Crippen LogP contribution in [0.4, 0.5) is 0 Å². The first-order valence-corrected chi connectivity index (χ1v) is 5.59. The fourth-order valence-corrected chi connectivity index (χ4v) is 1.59. The van der Waals surface area contributed by atoms with Crippen LogP contribution >= 0.6 is 0 Å². The van der Waals surface area contributed by atoms with E-state index in [4.69, 9.17) is 15.2 Å². The fourth-order valence-electron chi connectivity index (χ4n) is 1.59. The van der Waals surface area contributed by atoms with Crippen molar-refractivity contribution in [3.05, 3.63) is 48.0 Å². The van der Waals surface area contributed by atoms with E-state index in [0.29, 0.717) is 23.9 Å². The molecule has 1 heterocycles. The number of hydrogen-bond acceptors (Lipinski definition) is 5. The third-order valence-electron chi connectivity index (χ3n) is 2.47. The quantitative estimate of drug-likeness (QED) is 0.864. The molecular formula is C13H15N3O2. The first kappa shape index (κ1) is 12.3. The second-order valence-electron chi connectivity index (χ2n) is 3.61. The van der Waals surface area contributed by atoms with Crippen molar-refractivity contribution in [2.45, 2.75) is 13.2 Å². The van der Waals surface area contributed by atoms with Crippen molar-refractivity contribution in [2.75, 3.05) is 7.11 Å². The monoisotopic (exact) mass is 245 g/mol. The maximum atomic E-state index is 5.71. The lowest BCUT2D eigenvalue weighted by Gasteiger charge is -2.13. The summed E-state index contributed by atoms with van der Waals surface area (Å²) in [5, 5.41) is 0. The molecule has 0 saturated carbocycles. The molecule has 0 aliphatic heterocycles. The molecular weight excluding hydrogens is 230 g/mol. The van der Waals surface area contributed by atoms with Gasteiger partial charge in [0.15, 0.2) is 17.3 Å². The minimum absolute atomic E-state index is 0.286. The summed E-state index contributed by atoms with van der Waals surface area (Å²) in [4.78, 5) is 8.19. The maximum Gasteiger partial charge on any atom is 0.166 e. The van der Waals surface area contributed by atoms with Gasteiger partial charge in [0.25, 0.3) is 0 Å². The Morgan fingerprint density at radius 3 is 2.61 bits per heavy atom. The molecule has 5 nitrogen and oxygen atoms in total. The van der Waals surface area contributed by atoms with Crippen LogP contribution in [0.1, 0.15) is 11.4 Å². The van der Waals surface area contributed by atoms with Gasteiger partial charge < -0.3 is 15.2 Å². The molecule has 2 aromatic rings. The van der Waals surface area contributed by atoms with Crippen molar-refractivity contribution in [1.82, 2.24) is 9.97 Å². The number of hydrogen-bond donors (Lipinski definition) is 1. The van der Waals surface area contributed by atoms with Gasteiger partial charge in [-0.2, -0.15) is 0 Å². The lowest BCUT2D eigenvalue weighted by molar-refractivity contribution is 0.273. The summed E-state index contributed by atoms with van der Waals surface area (Å²) in [6.07, 6.45) is 3.36. The average molecular weight is 245 g/mol. The molecule has 0 atom stereocenters. The summed E-state index contributed by atoms with van der Waals surface area (Å²) in [6, 6.07) is 7.38. The third-order valence-corrected chi connectivity index (χ3v) is 2.47. The Bertz CT molecular complexity index is 481. The van der Waals surface area contributed by atoms with E-state index in [1.165, 1.54) is 0 Å². The van der Waals surface area contributed by atoms with Crippen LogP contribution in [0.3, 0.4) is 0 Å². The minimum atomic E-state index is 0.286. The van der Waals surface area contributed by atoms with Crippen LogP contribution in [0.25, 0.3) is 0 Å². The van der Waals surface area contributed by atoms with Crippen molar-refractivity contribution in [1.29, 1.82) is 0 Å². The Labute approximate surface area is 106 Å². The number of nitrogens with two attached hydrogens (primary N) is 1. The van der Waals surface area contributed by atoms with Gasteiger partial charge in [-0.05, 0) is 12.1 Å². The Morgan fingerprint density at radius 2 is 1.94 bits per heavy atom. The molecule has 0 bridgehead atoms. The number of aromatic nitrogens is 2. The standard InChI is InChI=1S/C13H15N3O2/c1-17-11-5-2-4-10(8-14)13(11)18-9-12-15-6-3-7-16-12/h2-7H,8-9,14H2,1H3. The maximum absolute atomic E-state index is 5.71. The van der Waals surface area contributed by atoms with Crippen LogP contribution in [-0.2, 0) is 13.2 Å². The topological polar surface area (TPSA) is 70.3 Å². The second kappa shape index (κ2) is 5.97. The smallest absolute Gasteiger partial charge is 0.166 e. The average Bonchev–Trinajstić information content (AvgIpc) is 2.45. The molecule has 0 amide bonds. The van der Waals surface area contributed by atoms with Gasteiger partial charge in [-0.25, -0.2) is 9.97 Å². The third kappa shape index (κ3) is 2.75. The molecule has 0 spiro atoms. The van der Waals surface area contributed by atoms with Crippen LogP contribution in [-0.4, -0.2) is 17.1 Å². The minimum Gasteiger partial charge on any atom is -0.493 e. The predicted molar refractivity (Wildman–Crippen MR) is 67.2 cm³/mol. The zero-order valence-electron chi connectivity index (χ0n) is 10.2. The molecule has 0 unspecified atom stereocenters. The van der Waals surface area contributed by atoms with Gasteiger partial charge >= 0.3 is 0 Å². The zero-order valence-corrected chi connectivity index (χ0v) is 10.2. The van der Waals surface area contributed by atoms with Gasteiger partial charge in [-0.15, -0.1) is 0 Å². The number of nitrogens with zero attached hydrogens (tertiary/aromatic N) is 2. The lowest BCUT2D eigenvalue weighted by Crippen LogP contribution is -2.06. The lowest BCUT2D eigenvalue weighted by atomic mass is 10.2. The normalized spacial score (nSPS) is 10.1. The molecule has 18 heavy (non-hydrogen) atoms. The van der Waals surface area contributed by atoms with E-state index in [1.807, 2.05) is 18.2 Å². The fraction of sp³-hybridized carbons (Fsp3) is 0.231. The van der Waals surface area contributed by atoms with E-state index < -0.39 is 0 Å². The summed E-state index contributed by atoms with van der Waals surface area (Å²) in [5.74, 6) is 1.93. The van der Waals surface area contributed by atoms with E-state index in [0.717, 1.165) is 5.56 Å². The van der Waals surface area contributed by atoms with Gasteiger partial charge in [0, 0.05) is 24.5 Å². The molecule has 0 saturated heterocycles. The Kier molecular flexibility index (Phi) is 4.09. The molecule has 0 aliphatic carbocycles. The van der Waals surface area contributed by atoms with Crippen LogP contribution in [0.15, 0.2) is 36.7 Å². The summed E-state index contributed by atoms with van der Waals surface area (Å²) in [5.41, 5.74) is 6.57. The van der Waals surface area contributed by atoms with Crippen LogP contribution in [0.2, 0.25) is 0 Å². The number of ether oxygens (including phenoxy) is 2. The number of methoxy groups -OCH3 is 1. The largest absolute Gasteiger partial charge is 0.493 e. The molecule has 5 heteroatoms. The number of para-hydroxylation sites is 1. The first-order chi connectivity index (χ1) is 8.85. The molecule has 2 N–H and O–H groups in total. The Hall–Kier alpha value is -2.14. The van der Waals surface area contributed by atoms with E-state index in [2.05, 4.69) is 9.97 Å². The van der Waals surface area contributed by atoms with Gasteiger partial charge in [-0.3, -0.25) is 0 Å². The van der Waals surface area contributed by atoms with E-state index in [1.54, 1.807) is 25.6 Å². The summed E-state index contributed by atoms with van der Waals surface area (Å²) < 4.78 is 11.0. The highest BCUT2D eigenvalue weighted by atomic mass is 16.5. The molecule has 2 rings (SSSR count). The first-order valence-electron chi connectivity index (χ1n) is 5.59. The summed E-state index contributed by atoms with van der Waals surface area (Å²) in [7, 11) is 1.60. The van der Waals surface area contributed by atoms with E-state index in [9.17, 15) is 0 Å². The second-order valence-corrected chi connectivity index (χ2v) is 3.61. The molecule has 1 aromatic carbocycles. The van der Waals surface area contributed by atoms with Crippen LogP contribution in [0, 0.1) is 0 Å². The Balaban J connectivity index is 2.17. The SMILES string of the molecule is COc1cccc(CN)c1OCc1ncccn1. The van der Waals surface area contributed by atoms with Crippen molar-refractivity contribution < 1.29 is 9.47 Å². The van der Waals surface area contributed by atoms with Crippen molar-refractivity contribution >= 4 is 0 Å². The van der Waals surface area contributed by atoms with E-state index in [-0.39, 0.29) is 6.61 Å². The van der Waals surface area contributed by atoms with Gasteiger partial charge in [0.05, 0.1) is 7.11 Å². The van der Waals surface area contributed by atoms with Crippen molar-refractivity contribution in [2.24, 2.45) is 5.73 Å². The zero-order chi connectivity index (χ0) is 12.8. The number of benzene rings is 1. The molecule has 1 aromatic heterocycles. The van der Waals surface area contributed by atoms with Gasteiger partial charge in [-0.1, -0.05) is 12.1 Å². The number of rotatable bonds is 5. The molecule has 0 radical (unpaired) electrons. The molecule has 94 valence electrons. The van der Waals surface area contributed by atoms with E-state index >= 15 is 0 Å². The highest BCUT2D eigenvalue weighted by Gasteiger charge is 2.10. The summed E-state index contributed by atoms with van der Waals surface area (Å²) >= 11 is 0.